The molecule has 0 saturated heterocycles. The summed E-state index contributed by atoms with van der Waals surface area (Å²) in [5, 5.41) is 15.0. The predicted molar refractivity (Wildman–Crippen MR) is 82.2 cm³/mol. The summed E-state index contributed by atoms with van der Waals surface area (Å²) in [4.78, 5) is 12.5. The van der Waals surface area contributed by atoms with Crippen LogP contribution < -0.4 is 11.1 Å². The number of nitrogens with zero attached hydrogens (tertiary/aromatic N) is 1. The standard InChI is InChI=1S/C16H23N3O2/c1-16(2)9-8-12(10-16)18-15(20)13(14(17)19-21)11-6-4-3-5-7-11/h3-7,12-13,21H,8-10H2,1-2H3,(H2,17,19)(H,18,20). The van der Waals surface area contributed by atoms with Crippen molar-refractivity contribution in [1.82, 2.24) is 5.32 Å². The van der Waals surface area contributed by atoms with E-state index in [-0.39, 0.29) is 23.2 Å². The van der Waals surface area contributed by atoms with Gasteiger partial charge >= 0.3 is 0 Å². The Morgan fingerprint density at radius 1 is 1.43 bits per heavy atom. The number of amidine groups is 1. The van der Waals surface area contributed by atoms with Crippen LogP contribution in [0.5, 0.6) is 0 Å². The van der Waals surface area contributed by atoms with E-state index in [0.717, 1.165) is 24.8 Å². The first-order valence-electron chi connectivity index (χ1n) is 7.26. The van der Waals surface area contributed by atoms with E-state index in [9.17, 15) is 4.79 Å². The van der Waals surface area contributed by atoms with E-state index in [2.05, 4.69) is 24.3 Å². The number of nitrogens with two attached hydrogens (primary N) is 1. The third-order valence-corrected chi connectivity index (χ3v) is 4.12. The molecule has 1 fully saturated rings. The van der Waals surface area contributed by atoms with Crippen LogP contribution in [0, 0.1) is 5.41 Å². The molecule has 1 aromatic carbocycles. The van der Waals surface area contributed by atoms with Gasteiger partial charge < -0.3 is 16.3 Å². The fourth-order valence-electron chi connectivity index (χ4n) is 3.00. The van der Waals surface area contributed by atoms with E-state index in [1.165, 1.54) is 0 Å². The Morgan fingerprint density at radius 2 is 2.10 bits per heavy atom. The maximum atomic E-state index is 12.5. The van der Waals surface area contributed by atoms with Crippen molar-refractivity contribution in [3.63, 3.8) is 0 Å². The fraction of sp³-hybridized carbons (Fsp3) is 0.500. The Bertz CT molecular complexity index is 526. The Labute approximate surface area is 125 Å². The highest BCUT2D eigenvalue weighted by Crippen LogP contribution is 2.37. The third-order valence-electron chi connectivity index (χ3n) is 4.12. The Morgan fingerprint density at radius 3 is 2.62 bits per heavy atom. The largest absolute Gasteiger partial charge is 0.409 e. The van der Waals surface area contributed by atoms with Gasteiger partial charge in [0.15, 0.2) is 5.84 Å². The number of carbonyl (C=O) groups excluding carboxylic acids is 1. The van der Waals surface area contributed by atoms with E-state index in [1.54, 1.807) is 12.1 Å². The van der Waals surface area contributed by atoms with Crippen LogP contribution in [0.2, 0.25) is 0 Å². The van der Waals surface area contributed by atoms with Crippen molar-refractivity contribution in [3.8, 4) is 0 Å². The summed E-state index contributed by atoms with van der Waals surface area (Å²) in [5.74, 6) is -1.05. The molecule has 0 heterocycles. The molecule has 0 bridgehead atoms. The number of hydrogen-bond acceptors (Lipinski definition) is 3. The minimum absolute atomic E-state index is 0.0871. The number of amides is 1. The molecule has 2 unspecified atom stereocenters. The molecule has 2 atom stereocenters. The van der Waals surface area contributed by atoms with Crippen LogP contribution in [0.25, 0.3) is 0 Å². The maximum absolute atomic E-state index is 12.5. The lowest BCUT2D eigenvalue weighted by atomic mass is 9.91. The summed E-state index contributed by atoms with van der Waals surface area (Å²) in [6.07, 6.45) is 3.02. The quantitative estimate of drug-likeness (QED) is 0.344. The number of carbonyl (C=O) groups is 1. The van der Waals surface area contributed by atoms with Crippen LogP contribution in [0.15, 0.2) is 35.5 Å². The first-order chi connectivity index (χ1) is 9.93. The van der Waals surface area contributed by atoms with E-state index >= 15 is 0 Å². The van der Waals surface area contributed by atoms with Crippen molar-refractivity contribution in [2.75, 3.05) is 0 Å². The minimum atomic E-state index is -0.750. The molecule has 114 valence electrons. The SMILES string of the molecule is CC1(C)CCC(NC(=O)C(/C(N)=N/O)c2ccccc2)C1. The Balaban J connectivity index is 2.13. The minimum Gasteiger partial charge on any atom is -0.409 e. The van der Waals surface area contributed by atoms with Gasteiger partial charge in [0.1, 0.15) is 5.92 Å². The molecule has 0 aliphatic heterocycles. The van der Waals surface area contributed by atoms with Gasteiger partial charge in [0.25, 0.3) is 0 Å². The molecule has 1 aliphatic carbocycles. The van der Waals surface area contributed by atoms with Crippen LogP contribution >= 0.6 is 0 Å². The van der Waals surface area contributed by atoms with Crippen LogP contribution in [0.1, 0.15) is 44.6 Å². The Kier molecular flexibility index (Phi) is 4.50. The molecule has 2 rings (SSSR count). The van der Waals surface area contributed by atoms with Crippen LogP contribution in [0.3, 0.4) is 0 Å². The average Bonchev–Trinajstić information content (AvgIpc) is 2.79. The fourth-order valence-corrected chi connectivity index (χ4v) is 3.00. The van der Waals surface area contributed by atoms with Crippen molar-refractivity contribution in [2.24, 2.45) is 16.3 Å². The lowest BCUT2D eigenvalue weighted by Crippen LogP contribution is -2.41. The molecule has 0 radical (unpaired) electrons. The second-order valence-corrected chi connectivity index (χ2v) is 6.48. The van der Waals surface area contributed by atoms with Gasteiger partial charge in [0.2, 0.25) is 5.91 Å². The molecule has 0 aromatic heterocycles. The van der Waals surface area contributed by atoms with Gasteiger partial charge in [-0.2, -0.15) is 0 Å². The van der Waals surface area contributed by atoms with E-state index < -0.39 is 5.92 Å². The summed E-state index contributed by atoms with van der Waals surface area (Å²) in [7, 11) is 0. The molecular weight excluding hydrogens is 266 g/mol. The number of oxime groups is 1. The molecular formula is C16H23N3O2. The van der Waals surface area contributed by atoms with Crippen molar-refractivity contribution in [3.05, 3.63) is 35.9 Å². The lowest BCUT2D eigenvalue weighted by Gasteiger charge is -2.21. The van der Waals surface area contributed by atoms with E-state index in [4.69, 9.17) is 10.9 Å². The molecule has 5 nitrogen and oxygen atoms in total. The second kappa shape index (κ2) is 6.16. The van der Waals surface area contributed by atoms with Gasteiger partial charge in [-0.1, -0.05) is 49.3 Å². The Hall–Kier alpha value is -2.04. The zero-order valence-corrected chi connectivity index (χ0v) is 12.5. The van der Waals surface area contributed by atoms with Gasteiger partial charge in [0.05, 0.1) is 0 Å². The van der Waals surface area contributed by atoms with E-state index in [1.807, 2.05) is 18.2 Å². The smallest absolute Gasteiger partial charge is 0.235 e. The van der Waals surface area contributed by atoms with Crippen molar-refractivity contribution in [1.29, 1.82) is 0 Å². The van der Waals surface area contributed by atoms with Gasteiger partial charge in [-0.25, -0.2) is 0 Å². The first kappa shape index (κ1) is 15.4. The second-order valence-electron chi connectivity index (χ2n) is 6.48. The number of benzene rings is 1. The monoisotopic (exact) mass is 289 g/mol. The molecule has 1 aromatic rings. The van der Waals surface area contributed by atoms with Crippen LogP contribution in [-0.4, -0.2) is 23.0 Å². The molecule has 1 saturated carbocycles. The maximum Gasteiger partial charge on any atom is 0.235 e. The topological polar surface area (TPSA) is 87.7 Å². The lowest BCUT2D eigenvalue weighted by molar-refractivity contribution is -0.121. The van der Waals surface area contributed by atoms with Crippen molar-refractivity contribution < 1.29 is 10.0 Å². The normalized spacial score (nSPS) is 22.8. The highest BCUT2D eigenvalue weighted by Gasteiger charge is 2.34. The molecule has 4 N–H and O–H groups in total. The van der Waals surface area contributed by atoms with E-state index in [0.29, 0.717) is 0 Å². The molecule has 1 aliphatic rings. The summed E-state index contributed by atoms with van der Waals surface area (Å²) >= 11 is 0. The van der Waals surface area contributed by atoms with Crippen molar-refractivity contribution >= 4 is 11.7 Å². The number of rotatable bonds is 4. The zero-order valence-electron chi connectivity index (χ0n) is 12.5. The predicted octanol–water partition coefficient (Wildman–Crippen LogP) is 2.21. The summed E-state index contributed by atoms with van der Waals surface area (Å²) < 4.78 is 0. The van der Waals surface area contributed by atoms with Gasteiger partial charge in [-0.05, 0) is 30.2 Å². The van der Waals surface area contributed by atoms with Gasteiger partial charge in [-0.3, -0.25) is 4.79 Å². The first-order valence-corrected chi connectivity index (χ1v) is 7.26. The summed E-state index contributed by atoms with van der Waals surface area (Å²) in [5.41, 5.74) is 6.70. The third kappa shape index (κ3) is 3.74. The summed E-state index contributed by atoms with van der Waals surface area (Å²) in [6, 6.07) is 9.30. The molecule has 1 amide bonds. The molecule has 0 spiro atoms. The average molecular weight is 289 g/mol. The van der Waals surface area contributed by atoms with Gasteiger partial charge in [0, 0.05) is 6.04 Å². The molecule has 5 heteroatoms. The number of nitrogens with one attached hydrogen (secondary N) is 1. The van der Waals surface area contributed by atoms with Crippen molar-refractivity contribution in [2.45, 2.75) is 45.1 Å². The van der Waals surface area contributed by atoms with Gasteiger partial charge in [-0.15, -0.1) is 0 Å². The highest BCUT2D eigenvalue weighted by molar-refractivity contribution is 6.07. The van der Waals surface area contributed by atoms with Crippen LogP contribution in [-0.2, 0) is 4.79 Å². The number of hydrogen-bond donors (Lipinski definition) is 3. The highest BCUT2D eigenvalue weighted by atomic mass is 16.4. The zero-order chi connectivity index (χ0) is 15.5. The summed E-state index contributed by atoms with van der Waals surface area (Å²) in [6.45, 7) is 4.41. The molecule has 21 heavy (non-hydrogen) atoms. The van der Waals surface area contributed by atoms with Crippen LogP contribution in [0.4, 0.5) is 0 Å².